The van der Waals surface area contributed by atoms with Crippen molar-refractivity contribution in [1.29, 1.82) is 0 Å². The molecule has 0 radical (unpaired) electrons. The number of aromatic nitrogens is 3. The van der Waals surface area contributed by atoms with Gasteiger partial charge in [0.15, 0.2) is 5.82 Å². The molecule has 2 aliphatic heterocycles. The van der Waals surface area contributed by atoms with Crippen LogP contribution in [0.4, 0.5) is 10.6 Å². The van der Waals surface area contributed by atoms with Gasteiger partial charge in [0.05, 0.1) is 32.5 Å². The highest BCUT2D eigenvalue weighted by Crippen LogP contribution is 2.35. The van der Waals surface area contributed by atoms with E-state index in [9.17, 15) is 4.79 Å². The third kappa shape index (κ3) is 3.30. The van der Waals surface area contributed by atoms with Gasteiger partial charge < -0.3 is 14.4 Å². The molecule has 4 rings (SSSR count). The molecule has 0 atom stereocenters. The van der Waals surface area contributed by atoms with E-state index in [4.69, 9.17) is 9.47 Å². The van der Waals surface area contributed by atoms with E-state index in [1.165, 1.54) is 0 Å². The summed E-state index contributed by atoms with van der Waals surface area (Å²) in [5.74, 6) is 1.28. The molecule has 1 fully saturated rings. The summed E-state index contributed by atoms with van der Waals surface area (Å²) in [5, 5.41) is 10.6. The number of amides is 2. The van der Waals surface area contributed by atoms with Gasteiger partial charge in [-0.1, -0.05) is 23.4 Å². The molecule has 8 nitrogen and oxygen atoms in total. The summed E-state index contributed by atoms with van der Waals surface area (Å²) in [4.78, 5) is 14.6. The Hall–Kier alpha value is -2.61. The number of aryl methyl sites for hydroxylation is 1. The number of para-hydroxylation sites is 1. The van der Waals surface area contributed by atoms with Crippen molar-refractivity contribution in [1.82, 2.24) is 19.9 Å². The summed E-state index contributed by atoms with van der Waals surface area (Å²) in [6, 6.07) is 7.68. The number of benzene rings is 1. The number of rotatable bonds is 1. The number of fused-ring (bicyclic) bond motifs is 1. The highest BCUT2D eigenvalue weighted by Gasteiger charge is 2.40. The van der Waals surface area contributed by atoms with Crippen molar-refractivity contribution in [2.24, 2.45) is 7.05 Å². The lowest BCUT2D eigenvalue weighted by Crippen LogP contribution is -2.51. The van der Waals surface area contributed by atoms with Gasteiger partial charge in [-0.05, 0) is 6.07 Å². The van der Waals surface area contributed by atoms with Crippen LogP contribution in [0.1, 0.15) is 18.4 Å². The van der Waals surface area contributed by atoms with Gasteiger partial charge in [-0.2, -0.15) is 0 Å². The maximum atomic E-state index is 12.8. The van der Waals surface area contributed by atoms with Gasteiger partial charge in [-0.25, -0.2) is 4.79 Å². The summed E-state index contributed by atoms with van der Waals surface area (Å²) < 4.78 is 13.4. The van der Waals surface area contributed by atoms with Crippen molar-refractivity contribution >= 4 is 11.8 Å². The summed E-state index contributed by atoms with van der Waals surface area (Å²) in [5.41, 5.74) is 0.588. The van der Waals surface area contributed by atoms with E-state index >= 15 is 0 Å². The van der Waals surface area contributed by atoms with Crippen LogP contribution in [0.5, 0.6) is 5.75 Å². The van der Waals surface area contributed by atoms with Crippen molar-refractivity contribution in [2.45, 2.75) is 25.0 Å². The van der Waals surface area contributed by atoms with Crippen LogP contribution in [0, 0.1) is 0 Å². The molecule has 25 heavy (non-hydrogen) atoms. The zero-order chi connectivity index (χ0) is 17.3. The lowest BCUT2D eigenvalue weighted by atomic mass is 9.93. The number of nitrogens with zero attached hydrogens (tertiary/aromatic N) is 4. The van der Waals surface area contributed by atoms with Crippen LogP contribution in [0.25, 0.3) is 0 Å². The second kappa shape index (κ2) is 6.36. The summed E-state index contributed by atoms with van der Waals surface area (Å²) in [6.45, 7) is 2.28. The lowest BCUT2D eigenvalue weighted by molar-refractivity contribution is -0.0529. The Morgan fingerprint density at radius 2 is 2.08 bits per heavy atom. The number of anilines is 1. The van der Waals surface area contributed by atoms with Crippen molar-refractivity contribution in [2.75, 3.05) is 25.1 Å². The van der Waals surface area contributed by atoms with E-state index < -0.39 is 5.60 Å². The van der Waals surface area contributed by atoms with Crippen molar-refractivity contribution in [3.05, 3.63) is 36.0 Å². The minimum atomic E-state index is -0.412. The summed E-state index contributed by atoms with van der Waals surface area (Å²) in [6.07, 6.45) is 3.19. The predicted octanol–water partition coefficient (Wildman–Crippen LogP) is 1.79. The molecule has 1 spiro atoms. The Balaban J connectivity index is 1.61. The van der Waals surface area contributed by atoms with E-state index in [0.717, 1.165) is 24.2 Å². The number of hydrogen-bond acceptors (Lipinski definition) is 5. The van der Waals surface area contributed by atoms with E-state index in [2.05, 4.69) is 15.6 Å². The zero-order valence-electron chi connectivity index (χ0n) is 14.1. The minimum Gasteiger partial charge on any atom is -0.485 e. The molecule has 0 aliphatic carbocycles. The first-order chi connectivity index (χ1) is 12.1. The SMILES string of the molecule is Cn1cc(NC(=O)N2Cc3ccccc3OC3(CCOCC3)C2)nn1. The average Bonchev–Trinajstić information content (AvgIpc) is 2.94. The summed E-state index contributed by atoms with van der Waals surface area (Å²) in [7, 11) is 1.76. The van der Waals surface area contributed by atoms with E-state index in [1.54, 1.807) is 22.8 Å². The van der Waals surface area contributed by atoms with Gasteiger partial charge in [0, 0.05) is 25.5 Å². The van der Waals surface area contributed by atoms with Gasteiger partial charge >= 0.3 is 6.03 Å². The molecule has 2 aromatic rings. The first-order valence-corrected chi connectivity index (χ1v) is 8.41. The molecule has 2 aliphatic rings. The number of carbonyl (C=O) groups excluding carboxylic acids is 1. The predicted molar refractivity (Wildman–Crippen MR) is 90.3 cm³/mol. The maximum Gasteiger partial charge on any atom is 0.323 e. The molecule has 1 saturated heterocycles. The molecule has 1 aromatic heterocycles. The second-order valence-electron chi connectivity index (χ2n) is 6.57. The average molecular weight is 343 g/mol. The van der Waals surface area contributed by atoms with Crippen molar-refractivity contribution in [3.63, 3.8) is 0 Å². The Morgan fingerprint density at radius 1 is 1.28 bits per heavy atom. The largest absolute Gasteiger partial charge is 0.485 e. The van der Waals surface area contributed by atoms with Crippen LogP contribution in [0.15, 0.2) is 30.5 Å². The van der Waals surface area contributed by atoms with Crippen LogP contribution in [-0.4, -0.2) is 51.3 Å². The molecule has 1 aromatic carbocycles. The molecular weight excluding hydrogens is 322 g/mol. The monoisotopic (exact) mass is 343 g/mol. The van der Waals surface area contributed by atoms with Crippen LogP contribution in [0.3, 0.4) is 0 Å². The fourth-order valence-electron chi connectivity index (χ4n) is 3.35. The van der Waals surface area contributed by atoms with Crippen LogP contribution in [0.2, 0.25) is 0 Å². The van der Waals surface area contributed by atoms with Crippen LogP contribution >= 0.6 is 0 Å². The molecule has 2 amide bonds. The highest BCUT2D eigenvalue weighted by atomic mass is 16.5. The molecule has 8 heteroatoms. The Morgan fingerprint density at radius 3 is 2.84 bits per heavy atom. The second-order valence-corrected chi connectivity index (χ2v) is 6.57. The fourth-order valence-corrected chi connectivity index (χ4v) is 3.35. The molecule has 132 valence electrons. The zero-order valence-corrected chi connectivity index (χ0v) is 14.1. The van der Waals surface area contributed by atoms with Gasteiger partial charge in [-0.15, -0.1) is 5.10 Å². The lowest BCUT2D eigenvalue weighted by Gasteiger charge is -2.38. The molecular formula is C17H21N5O3. The molecule has 0 unspecified atom stereocenters. The number of urea groups is 1. The summed E-state index contributed by atoms with van der Waals surface area (Å²) >= 11 is 0. The Kier molecular flexibility index (Phi) is 4.04. The van der Waals surface area contributed by atoms with Gasteiger partial charge in [0.1, 0.15) is 11.4 Å². The smallest absolute Gasteiger partial charge is 0.323 e. The van der Waals surface area contributed by atoms with Crippen LogP contribution < -0.4 is 10.1 Å². The number of ether oxygens (including phenoxy) is 2. The third-order valence-electron chi connectivity index (χ3n) is 4.67. The van der Waals surface area contributed by atoms with Gasteiger partial charge in [0.25, 0.3) is 0 Å². The number of hydrogen-bond donors (Lipinski definition) is 1. The first kappa shape index (κ1) is 15.9. The molecule has 0 bridgehead atoms. The standard InChI is InChI=1S/C17H21N5O3/c1-21-11-15(19-20-21)18-16(23)22-10-13-4-2-3-5-14(13)25-17(12-22)6-8-24-9-7-17/h2-5,11H,6-10,12H2,1H3,(H,18,23). The molecule has 3 heterocycles. The van der Waals surface area contributed by atoms with E-state index in [-0.39, 0.29) is 6.03 Å². The minimum absolute atomic E-state index is 0.202. The maximum absolute atomic E-state index is 12.8. The first-order valence-electron chi connectivity index (χ1n) is 8.41. The number of carbonyl (C=O) groups is 1. The molecule has 0 saturated carbocycles. The van der Waals surface area contributed by atoms with Gasteiger partial charge in [0.2, 0.25) is 0 Å². The Bertz CT molecular complexity index is 769. The normalized spacial score (nSPS) is 19.0. The van der Waals surface area contributed by atoms with Crippen LogP contribution in [-0.2, 0) is 18.3 Å². The fraction of sp³-hybridized carbons (Fsp3) is 0.471. The van der Waals surface area contributed by atoms with Gasteiger partial charge in [-0.3, -0.25) is 10.00 Å². The Labute approximate surface area is 145 Å². The molecule has 1 N–H and O–H groups in total. The highest BCUT2D eigenvalue weighted by molar-refractivity contribution is 5.88. The van der Waals surface area contributed by atoms with Crippen molar-refractivity contribution < 1.29 is 14.3 Å². The van der Waals surface area contributed by atoms with Crippen molar-refractivity contribution in [3.8, 4) is 5.75 Å². The third-order valence-corrected chi connectivity index (χ3v) is 4.67. The topological polar surface area (TPSA) is 81.5 Å². The van der Waals surface area contributed by atoms with E-state index in [0.29, 0.717) is 32.1 Å². The number of nitrogens with one attached hydrogen (secondary N) is 1. The van der Waals surface area contributed by atoms with E-state index in [1.807, 2.05) is 24.3 Å². The quantitative estimate of drug-likeness (QED) is 0.854.